The molecule has 1 aliphatic heterocycles. The number of benzene rings is 2. The Kier molecular flexibility index (Phi) is 3.84. The lowest BCUT2D eigenvalue weighted by atomic mass is 9.98. The second kappa shape index (κ2) is 5.78. The van der Waals surface area contributed by atoms with Crippen molar-refractivity contribution in [1.82, 2.24) is 4.90 Å². The molecule has 110 valence electrons. The number of fused-ring (bicyclic) bond motifs is 1. The van der Waals surface area contributed by atoms with Gasteiger partial charge in [0.1, 0.15) is 5.75 Å². The maximum atomic E-state index is 5.91. The number of nitrogen functional groups attached to an aromatic ring is 1. The van der Waals surface area contributed by atoms with Crippen LogP contribution in [0.5, 0.6) is 5.75 Å². The minimum absolute atomic E-state index is 0.851. The molecule has 21 heavy (non-hydrogen) atoms. The average molecular weight is 282 g/mol. The van der Waals surface area contributed by atoms with Crippen LogP contribution in [0.4, 0.5) is 5.69 Å². The Balaban J connectivity index is 1.79. The van der Waals surface area contributed by atoms with Gasteiger partial charge in [-0.05, 0) is 42.7 Å². The van der Waals surface area contributed by atoms with Gasteiger partial charge in [0.2, 0.25) is 0 Å². The predicted molar refractivity (Wildman–Crippen MR) is 86.4 cm³/mol. The van der Waals surface area contributed by atoms with Crippen LogP contribution in [-0.2, 0) is 19.5 Å². The molecule has 2 N–H and O–H groups in total. The molecular weight excluding hydrogens is 260 g/mol. The van der Waals surface area contributed by atoms with Crippen molar-refractivity contribution in [3.63, 3.8) is 0 Å². The van der Waals surface area contributed by atoms with Gasteiger partial charge in [-0.2, -0.15) is 0 Å². The molecule has 0 aliphatic carbocycles. The predicted octanol–water partition coefficient (Wildman–Crippen LogP) is 3.14. The second-order valence-electron chi connectivity index (χ2n) is 5.80. The number of nitrogens with zero attached hydrogens (tertiary/aromatic N) is 1. The molecule has 3 rings (SSSR count). The number of anilines is 1. The molecule has 2 aromatic carbocycles. The summed E-state index contributed by atoms with van der Waals surface area (Å²) in [4.78, 5) is 2.46. The Bertz CT molecular complexity index is 652. The quantitative estimate of drug-likeness (QED) is 0.879. The minimum Gasteiger partial charge on any atom is -0.496 e. The SMILES string of the molecule is COc1ccc(C)cc1CN1CCc2ccc(N)cc2C1. The molecule has 2 aromatic rings. The number of rotatable bonds is 3. The van der Waals surface area contributed by atoms with E-state index in [2.05, 4.69) is 42.2 Å². The number of hydrogen-bond acceptors (Lipinski definition) is 3. The van der Waals surface area contributed by atoms with E-state index < -0.39 is 0 Å². The standard InChI is InChI=1S/C18H22N2O/c1-13-3-6-18(21-2)16(9-13)12-20-8-7-14-4-5-17(19)10-15(14)11-20/h3-6,9-10H,7-8,11-12,19H2,1-2H3. The van der Waals surface area contributed by atoms with Crippen LogP contribution in [0.25, 0.3) is 0 Å². The van der Waals surface area contributed by atoms with Crippen LogP contribution in [0.2, 0.25) is 0 Å². The van der Waals surface area contributed by atoms with Gasteiger partial charge in [-0.3, -0.25) is 4.90 Å². The fourth-order valence-corrected chi connectivity index (χ4v) is 3.04. The molecule has 1 aliphatic rings. The van der Waals surface area contributed by atoms with Crippen molar-refractivity contribution in [3.8, 4) is 5.75 Å². The highest BCUT2D eigenvalue weighted by Gasteiger charge is 2.17. The first-order valence-corrected chi connectivity index (χ1v) is 7.39. The highest BCUT2D eigenvalue weighted by molar-refractivity contribution is 5.45. The van der Waals surface area contributed by atoms with Crippen LogP contribution in [0.1, 0.15) is 22.3 Å². The molecule has 0 saturated heterocycles. The zero-order valence-electron chi connectivity index (χ0n) is 12.7. The fraction of sp³-hybridized carbons (Fsp3) is 0.333. The van der Waals surface area contributed by atoms with Crippen molar-refractivity contribution in [2.45, 2.75) is 26.4 Å². The Hall–Kier alpha value is -2.00. The van der Waals surface area contributed by atoms with Gasteiger partial charge in [-0.25, -0.2) is 0 Å². The molecule has 0 radical (unpaired) electrons. The van der Waals surface area contributed by atoms with E-state index >= 15 is 0 Å². The van der Waals surface area contributed by atoms with Crippen molar-refractivity contribution in [1.29, 1.82) is 0 Å². The molecule has 3 nitrogen and oxygen atoms in total. The van der Waals surface area contributed by atoms with E-state index in [9.17, 15) is 0 Å². The van der Waals surface area contributed by atoms with E-state index in [1.54, 1.807) is 7.11 Å². The molecule has 0 aromatic heterocycles. The Morgan fingerprint density at radius 2 is 2.00 bits per heavy atom. The summed E-state index contributed by atoms with van der Waals surface area (Å²) in [7, 11) is 1.74. The van der Waals surface area contributed by atoms with Crippen LogP contribution in [-0.4, -0.2) is 18.6 Å². The summed E-state index contributed by atoms with van der Waals surface area (Å²) < 4.78 is 5.48. The Morgan fingerprint density at radius 3 is 2.81 bits per heavy atom. The summed E-state index contributed by atoms with van der Waals surface area (Å²) in [6.45, 7) is 5.07. The third-order valence-corrected chi connectivity index (χ3v) is 4.15. The topological polar surface area (TPSA) is 38.5 Å². The lowest BCUT2D eigenvalue weighted by Crippen LogP contribution is -2.30. The average Bonchev–Trinajstić information content (AvgIpc) is 2.47. The van der Waals surface area contributed by atoms with E-state index in [1.807, 2.05) is 6.07 Å². The number of aryl methyl sites for hydroxylation is 1. The van der Waals surface area contributed by atoms with Crippen LogP contribution < -0.4 is 10.5 Å². The van der Waals surface area contributed by atoms with Gasteiger partial charge < -0.3 is 10.5 Å². The number of hydrogen-bond donors (Lipinski definition) is 1. The normalized spacial score (nSPS) is 14.8. The van der Waals surface area contributed by atoms with Crippen molar-refractivity contribution in [2.75, 3.05) is 19.4 Å². The molecular formula is C18H22N2O. The Morgan fingerprint density at radius 1 is 1.14 bits per heavy atom. The first kappa shape index (κ1) is 14.0. The van der Waals surface area contributed by atoms with Crippen molar-refractivity contribution >= 4 is 5.69 Å². The minimum atomic E-state index is 0.851. The molecule has 0 fully saturated rings. The van der Waals surface area contributed by atoms with E-state index in [0.29, 0.717) is 0 Å². The Labute approximate surface area is 126 Å². The molecule has 0 saturated carbocycles. The van der Waals surface area contributed by atoms with Gasteiger partial charge in [-0.1, -0.05) is 23.8 Å². The third kappa shape index (κ3) is 3.03. The summed E-state index contributed by atoms with van der Waals surface area (Å²) in [6, 6.07) is 12.6. The van der Waals surface area contributed by atoms with Gasteiger partial charge in [0, 0.05) is 30.9 Å². The summed E-state index contributed by atoms with van der Waals surface area (Å²) in [6.07, 6.45) is 1.09. The van der Waals surface area contributed by atoms with Gasteiger partial charge in [-0.15, -0.1) is 0 Å². The lowest BCUT2D eigenvalue weighted by Gasteiger charge is -2.29. The van der Waals surface area contributed by atoms with Crippen molar-refractivity contribution in [2.24, 2.45) is 0 Å². The summed E-state index contributed by atoms with van der Waals surface area (Å²) in [5.41, 5.74) is 12.1. The molecule has 0 unspecified atom stereocenters. The van der Waals surface area contributed by atoms with E-state index in [1.165, 1.54) is 22.3 Å². The van der Waals surface area contributed by atoms with Crippen LogP contribution in [0.15, 0.2) is 36.4 Å². The molecule has 0 bridgehead atoms. The first-order chi connectivity index (χ1) is 10.2. The van der Waals surface area contributed by atoms with Crippen molar-refractivity contribution in [3.05, 3.63) is 58.7 Å². The molecule has 3 heteroatoms. The number of nitrogens with two attached hydrogens (primary N) is 1. The summed E-state index contributed by atoms with van der Waals surface area (Å²) >= 11 is 0. The lowest BCUT2D eigenvalue weighted by molar-refractivity contribution is 0.242. The molecule has 0 spiro atoms. The second-order valence-corrected chi connectivity index (χ2v) is 5.80. The summed E-state index contributed by atoms with van der Waals surface area (Å²) in [5.74, 6) is 0.971. The molecule has 0 atom stereocenters. The van der Waals surface area contributed by atoms with Gasteiger partial charge in [0.05, 0.1) is 7.11 Å². The fourth-order valence-electron chi connectivity index (χ4n) is 3.04. The van der Waals surface area contributed by atoms with Gasteiger partial charge >= 0.3 is 0 Å². The highest BCUT2D eigenvalue weighted by atomic mass is 16.5. The van der Waals surface area contributed by atoms with E-state index in [4.69, 9.17) is 10.5 Å². The van der Waals surface area contributed by atoms with Crippen LogP contribution >= 0.6 is 0 Å². The maximum Gasteiger partial charge on any atom is 0.123 e. The van der Waals surface area contributed by atoms with Gasteiger partial charge in [0.25, 0.3) is 0 Å². The van der Waals surface area contributed by atoms with E-state index in [-0.39, 0.29) is 0 Å². The van der Waals surface area contributed by atoms with Gasteiger partial charge in [0.15, 0.2) is 0 Å². The monoisotopic (exact) mass is 282 g/mol. The number of ether oxygens (including phenoxy) is 1. The van der Waals surface area contributed by atoms with E-state index in [0.717, 1.165) is 37.5 Å². The zero-order chi connectivity index (χ0) is 14.8. The smallest absolute Gasteiger partial charge is 0.123 e. The molecule has 1 heterocycles. The third-order valence-electron chi connectivity index (χ3n) is 4.15. The zero-order valence-corrected chi connectivity index (χ0v) is 12.7. The number of methoxy groups -OCH3 is 1. The first-order valence-electron chi connectivity index (χ1n) is 7.39. The van der Waals surface area contributed by atoms with Crippen molar-refractivity contribution < 1.29 is 4.74 Å². The summed E-state index contributed by atoms with van der Waals surface area (Å²) in [5, 5.41) is 0. The van der Waals surface area contributed by atoms with Crippen LogP contribution in [0.3, 0.4) is 0 Å². The largest absolute Gasteiger partial charge is 0.496 e. The van der Waals surface area contributed by atoms with Crippen LogP contribution in [0, 0.1) is 6.92 Å². The maximum absolute atomic E-state index is 5.91. The molecule has 0 amide bonds. The highest BCUT2D eigenvalue weighted by Crippen LogP contribution is 2.26.